The fourth-order valence-electron chi connectivity index (χ4n) is 14.8. The largest absolute Gasteiger partial charge is 0.387 e. The third-order valence-electron chi connectivity index (χ3n) is 24.6. The molecular formula is C116H104B3F6N9O6. The van der Waals surface area contributed by atoms with E-state index < -0.39 is 68.5 Å². The molecule has 700 valence electrons. The van der Waals surface area contributed by atoms with Crippen LogP contribution in [0.2, 0.25) is 0 Å². The lowest BCUT2D eigenvalue weighted by Gasteiger charge is -2.31. The van der Waals surface area contributed by atoms with Crippen LogP contribution in [0.15, 0.2) is 377 Å². The number of imidazole rings is 1. The highest BCUT2D eigenvalue weighted by molar-refractivity contribution is 6.34. The first-order valence-electron chi connectivity index (χ1n) is 45.3. The third-order valence-corrected chi connectivity index (χ3v) is 24.6. The van der Waals surface area contributed by atoms with Crippen LogP contribution in [0.25, 0.3) is 99.2 Å². The maximum atomic E-state index is 15.2. The molecule has 0 saturated carbocycles. The molecule has 0 bridgehead atoms. The first-order chi connectivity index (χ1) is 66.6. The van der Waals surface area contributed by atoms with E-state index in [1.807, 2.05) is 193 Å². The van der Waals surface area contributed by atoms with E-state index in [9.17, 15) is 22.0 Å². The van der Waals surface area contributed by atoms with Gasteiger partial charge in [0.2, 0.25) is 0 Å². The number of halogens is 6. The molecule has 6 radical (unpaired) electrons. The maximum Gasteiger partial charge on any atom is 0.196 e. The van der Waals surface area contributed by atoms with Crippen molar-refractivity contribution in [3.05, 3.63) is 411 Å². The van der Waals surface area contributed by atoms with Crippen molar-refractivity contribution >= 4 is 157 Å². The molecule has 0 atom stereocenters. The SMILES string of the molecule is CC(C)(O)C(C)(C)O.CC(C)(O)C(C)(C)O.CC(C)(O)C(C)(C)O.Fc1ccc(N(c2ccccc2)c2ccc(-c3ccc4ccc5c6c(ccc3c46)cc3c5c4ncccc4n3-c3ccccc3)cc2)c(F)c1F.[B]c1ccc(-c2nc3ccccc3n2-c2ccccc2)cc1.[B]c1ccc(N(c2ccccc2)c2ccc(F)c(F)c2F)cc1.[B]c1ccc(N(c2ccccn2)c2ccccn2)cc1. The van der Waals surface area contributed by atoms with Gasteiger partial charge in [-0.25, -0.2) is 41.3 Å². The Kier molecular flexibility index (Phi) is 30.7. The predicted molar refractivity (Wildman–Crippen MR) is 560 cm³/mol. The zero-order valence-electron chi connectivity index (χ0n) is 79.5. The minimum atomic E-state index is -1.50. The molecule has 0 aliphatic heterocycles. The van der Waals surface area contributed by atoms with E-state index in [1.54, 1.807) is 161 Å². The van der Waals surface area contributed by atoms with Crippen molar-refractivity contribution in [1.29, 1.82) is 0 Å². The van der Waals surface area contributed by atoms with Gasteiger partial charge in [-0.3, -0.25) is 14.5 Å². The van der Waals surface area contributed by atoms with Gasteiger partial charge in [-0.2, -0.15) is 0 Å². The lowest BCUT2D eigenvalue weighted by molar-refractivity contribution is -0.107. The molecule has 15 aromatic carbocycles. The maximum absolute atomic E-state index is 15.2. The Morgan fingerprint density at radius 3 is 1.09 bits per heavy atom. The summed E-state index contributed by atoms with van der Waals surface area (Å²) in [5, 5.41) is 62.7. The van der Waals surface area contributed by atoms with E-state index in [0.717, 1.165) is 129 Å². The minimum absolute atomic E-state index is 0.0787. The summed E-state index contributed by atoms with van der Waals surface area (Å²) >= 11 is 0. The molecule has 15 nitrogen and oxygen atoms in total. The van der Waals surface area contributed by atoms with Gasteiger partial charge in [0.1, 0.15) is 41.0 Å². The summed E-state index contributed by atoms with van der Waals surface area (Å²) in [5.74, 6) is -5.39. The quantitative estimate of drug-likeness (QED) is 0.0232. The molecule has 5 aromatic heterocycles. The van der Waals surface area contributed by atoms with Gasteiger partial charge in [0.15, 0.2) is 34.9 Å². The van der Waals surface area contributed by atoms with Gasteiger partial charge in [0, 0.05) is 69.4 Å². The highest BCUT2D eigenvalue weighted by atomic mass is 19.2. The van der Waals surface area contributed by atoms with E-state index in [-0.39, 0.29) is 11.4 Å². The number of aromatic nitrogens is 6. The first kappa shape index (κ1) is 101. The molecule has 0 unspecified atom stereocenters. The first-order valence-corrected chi connectivity index (χ1v) is 45.3. The molecule has 0 amide bonds. The molecule has 140 heavy (non-hydrogen) atoms. The zero-order chi connectivity index (χ0) is 100. The fraction of sp³-hybridized carbons (Fsp3) is 0.155. The molecule has 0 aliphatic rings. The Hall–Kier alpha value is -15.0. The number of anilines is 9. The van der Waals surface area contributed by atoms with E-state index in [0.29, 0.717) is 28.2 Å². The van der Waals surface area contributed by atoms with Crippen molar-refractivity contribution in [2.24, 2.45) is 0 Å². The van der Waals surface area contributed by atoms with Crippen LogP contribution in [0.1, 0.15) is 83.1 Å². The number of aliphatic hydroxyl groups is 6. The Morgan fingerprint density at radius 2 is 0.636 bits per heavy atom. The topological polar surface area (TPSA) is 193 Å². The van der Waals surface area contributed by atoms with Crippen molar-refractivity contribution in [3.8, 4) is 33.9 Å². The second-order valence-corrected chi connectivity index (χ2v) is 36.6. The molecule has 24 heteroatoms. The molecule has 6 N–H and O–H groups in total. The Balaban J connectivity index is 0.000000147. The third kappa shape index (κ3) is 22.9. The lowest BCUT2D eigenvalue weighted by atomic mass is 9.88. The highest BCUT2D eigenvalue weighted by Gasteiger charge is 2.35. The van der Waals surface area contributed by atoms with Crippen molar-refractivity contribution in [2.75, 3.05) is 14.7 Å². The number of fused-ring (bicyclic) bond motifs is 5. The van der Waals surface area contributed by atoms with Gasteiger partial charge >= 0.3 is 0 Å². The second-order valence-electron chi connectivity index (χ2n) is 36.6. The summed E-state index contributed by atoms with van der Waals surface area (Å²) < 4.78 is 89.2. The van der Waals surface area contributed by atoms with Crippen LogP contribution in [-0.4, -0.2) is 117 Å². The van der Waals surface area contributed by atoms with Gasteiger partial charge < -0.3 is 45.0 Å². The van der Waals surface area contributed by atoms with Crippen molar-refractivity contribution < 1.29 is 57.0 Å². The molecule has 20 rings (SSSR count). The number of nitrogens with zero attached hydrogens (tertiary/aromatic N) is 9. The van der Waals surface area contributed by atoms with Crippen LogP contribution in [0, 0.1) is 34.9 Å². The Labute approximate surface area is 814 Å². The molecule has 0 aliphatic carbocycles. The van der Waals surface area contributed by atoms with Gasteiger partial charge in [0.05, 0.1) is 72.6 Å². The average molecular weight is 1870 g/mol. The van der Waals surface area contributed by atoms with Gasteiger partial charge in [0.25, 0.3) is 0 Å². The van der Waals surface area contributed by atoms with Crippen molar-refractivity contribution in [2.45, 2.75) is 117 Å². The number of pyridine rings is 3. The molecule has 0 saturated heterocycles. The van der Waals surface area contributed by atoms with Gasteiger partial charge in [-0.1, -0.05) is 211 Å². The van der Waals surface area contributed by atoms with Crippen LogP contribution >= 0.6 is 0 Å². The molecular weight excluding hydrogens is 1760 g/mol. The van der Waals surface area contributed by atoms with Crippen LogP contribution in [0.4, 0.5) is 77.8 Å². The summed E-state index contributed by atoms with van der Waals surface area (Å²) in [6.45, 7) is 18.9. The lowest BCUT2D eigenvalue weighted by Crippen LogP contribution is -2.44. The molecule has 0 fully saturated rings. The van der Waals surface area contributed by atoms with Crippen molar-refractivity contribution in [1.82, 2.24) is 29.1 Å². The van der Waals surface area contributed by atoms with Crippen LogP contribution in [-0.2, 0) is 0 Å². The normalized spacial score (nSPS) is 11.7. The van der Waals surface area contributed by atoms with Crippen LogP contribution in [0.3, 0.4) is 0 Å². The second kappa shape index (κ2) is 42.5. The smallest absolute Gasteiger partial charge is 0.196 e. The number of para-hydroxylation sites is 6. The van der Waals surface area contributed by atoms with Gasteiger partial charge in [-0.05, 0) is 290 Å². The molecule has 5 heterocycles. The Bertz CT molecular complexity index is 7450. The summed E-state index contributed by atoms with van der Waals surface area (Å²) in [6.07, 6.45) is 5.39. The predicted octanol–water partition coefficient (Wildman–Crippen LogP) is 24.8. The van der Waals surface area contributed by atoms with E-state index >= 15 is 4.39 Å². The average Bonchev–Trinajstić information content (AvgIpc) is 1.51. The summed E-state index contributed by atoms with van der Waals surface area (Å²) in [7, 11) is 17.2. The van der Waals surface area contributed by atoms with Crippen molar-refractivity contribution in [3.63, 3.8) is 0 Å². The molecule has 0 spiro atoms. The van der Waals surface area contributed by atoms with E-state index in [4.69, 9.17) is 64.1 Å². The fourth-order valence-corrected chi connectivity index (χ4v) is 14.8. The van der Waals surface area contributed by atoms with Crippen LogP contribution in [0.5, 0.6) is 0 Å². The monoisotopic (exact) mass is 1870 g/mol. The van der Waals surface area contributed by atoms with E-state index in [1.165, 1.54) is 27.8 Å². The minimum Gasteiger partial charge on any atom is -0.387 e. The van der Waals surface area contributed by atoms with Crippen LogP contribution < -0.4 is 31.1 Å². The summed E-state index contributed by atoms with van der Waals surface area (Å²) in [6, 6.07) is 112. The standard InChI is InChI=1S/C45H26F3N3.C19H13BN2.C18H11BF3N.C16H12BN3.3C6H14O2/c46-36-23-24-37(44(48)43(36)47)50(30-8-3-1-4-9-30)32-18-13-27(14-19-32)33-20-15-28-16-22-35-41-29(17-21-34(33)40(28)41)26-39-42(35)45-38(12-7-25-49-45)51(39)31-10-5-2-6-11-31;20-15-12-10-14(11-13-15)19-21-17-8-4-5-9-18(17)22(19)16-6-2-1-3-7-16;19-12-6-8-14(9-7-12)23(13-4-2-1-3-5-13)16-11-10-15(20)17(21)18(16)22;17-13-7-9-14(10-8-13)20(15-5-1-3-11-18-15)16-6-2-4-12-19-16;3*1-5(2,7)6(3,4)8/h1-26H;1-13H;1-11H;1-12H;3*7-8H,1-4H3. The molecule has 20 aromatic rings. The number of hydrogen-bond acceptors (Lipinski definition) is 13. The zero-order valence-corrected chi connectivity index (χ0v) is 79.5. The van der Waals surface area contributed by atoms with Gasteiger partial charge in [-0.15, -0.1) is 0 Å². The summed E-state index contributed by atoms with van der Waals surface area (Å²) in [5.41, 5.74) is 9.70. The van der Waals surface area contributed by atoms with E-state index in [2.05, 4.69) is 110 Å². The number of hydrogen-bond donors (Lipinski definition) is 6. The number of rotatable bonds is 16. The summed E-state index contributed by atoms with van der Waals surface area (Å²) in [4.78, 5) is 23.6. The highest BCUT2D eigenvalue weighted by Crippen LogP contribution is 2.47. The Morgan fingerprint density at radius 1 is 0.279 bits per heavy atom. The number of benzene rings is 15.